The van der Waals surface area contributed by atoms with Crippen LogP contribution in [0, 0.1) is 11.3 Å². The summed E-state index contributed by atoms with van der Waals surface area (Å²) in [6, 6.07) is 8.97. The molecule has 1 saturated carbocycles. The third-order valence-electron chi connectivity index (χ3n) is 5.26. The van der Waals surface area contributed by atoms with Gasteiger partial charge in [0.1, 0.15) is 5.75 Å². The summed E-state index contributed by atoms with van der Waals surface area (Å²) < 4.78 is 5.57. The van der Waals surface area contributed by atoms with Crippen LogP contribution in [0.5, 0.6) is 5.75 Å². The van der Waals surface area contributed by atoms with Crippen molar-refractivity contribution in [2.24, 2.45) is 11.3 Å². The summed E-state index contributed by atoms with van der Waals surface area (Å²) >= 11 is 0. The van der Waals surface area contributed by atoms with Gasteiger partial charge in [-0.05, 0) is 56.1 Å². The van der Waals surface area contributed by atoms with Gasteiger partial charge in [0.05, 0.1) is 6.61 Å². The molecule has 2 rings (SSSR count). The van der Waals surface area contributed by atoms with E-state index in [1.807, 2.05) is 13.0 Å². The van der Waals surface area contributed by atoms with Crippen molar-refractivity contribution in [3.8, 4) is 5.75 Å². The standard InChI is InChI=1S/C19H31NO/c1-5-19(3,4)15-10-12-16(13-11-15)20-17-8-7-9-18(14-17)21-6-2/h7-9,14-16,20H,5-6,10-13H2,1-4H3. The fourth-order valence-corrected chi connectivity index (χ4v) is 3.39. The number of benzene rings is 1. The van der Waals surface area contributed by atoms with E-state index in [1.54, 1.807) is 0 Å². The molecule has 1 N–H and O–H groups in total. The Kier molecular flexibility index (Phi) is 5.55. The van der Waals surface area contributed by atoms with Crippen LogP contribution in [0.3, 0.4) is 0 Å². The Labute approximate surface area is 130 Å². The van der Waals surface area contributed by atoms with Gasteiger partial charge in [0.15, 0.2) is 0 Å². The molecule has 0 radical (unpaired) electrons. The lowest BCUT2D eigenvalue weighted by Gasteiger charge is -2.39. The van der Waals surface area contributed by atoms with E-state index < -0.39 is 0 Å². The molecule has 1 aromatic carbocycles. The van der Waals surface area contributed by atoms with E-state index in [4.69, 9.17) is 4.74 Å². The van der Waals surface area contributed by atoms with Crippen LogP contribution in [0.25, 0.3) is 0 Å². The first-order valence-corrected chi connectivity index (χ1v) is 8.54. The fourth-order valence-electron chi connectivity index (χ4n) is 3.39. The van der Waals surface area contributed by atoms with Crippen LogP contribution in [0.1, 0.15) is 59.8 Å². The van der Waals surface area contributed by atoms with Crippen LogP contribution in [0.2, 0.25) is 0 Å². The van der Waals surface area contributed by atoms with Gasteiger partial charge in [-0.1, -0.05) is 33.3 Å². The van der Waals surface area contributed by atoms with E-state index in [-0.39, 0.29) is 0 Å². The van der Waals surface area contributed by atoms with Gasteiger partial charge in [-0.25, -0.2) is 0 Å². The SMILES string of the molecule is CCOc1cccc(NC2CCC(C(C)(C)CC)CC2)c1. The molecule has 0 unspecified atom stereocenters. The quantitative estimate of drug-likeness (QED) is 0.747. The maximum atomic E-state index is 5.57. The van der Waals surface area contributed by atoms with Crippen LogP contribution in [0.4, 0.5) is 5.69 Å². The Balaban J connectivity index is 1.87. The Morgan fingerprint density at radius 1 is 1.14 bits per heavy atom. The molecule has 1 aliphatic rings. The molecule has 2 heteroatoms. The highest BCUT2D eigenvalue weighted by Crippen LogP contribution is 2.40. The molecule has 0 heterocycles. The van der Waals surface area contributed by atoms with E-state index in [9.17, 15) is 0 Å². The molecule has 0 saturated heterocycles. The summed E-state index contributed by atoms with van der Waals surface area (Å²) in [6.07, 6.45) is 6.55. The summed E-state index contributed by atoms with van der Waals surface area (Å²) in [7, 11) is 0. The monoisotopic (exact) mass is 289 g/mol. The minimum Gasteiger partial charge on any atom is -0.494 e. The molecule has 2 nitrogen and oxygen atoms in total. The Morgan fingerprint density at radius 2 is 1.86 bits per heavy atom. The van der Waals surface area contributed by atoms with E-state index in [1.165, 1.54) is 37.8 Å². The molecular weight excluding hydrogens is 258 g/mol. The zero-order valence-electron chi connectivity index (χ0n) is 14.1. The summed E-state index contributed by atoms with van der Waals surface area (Å²) in [6.45, 7) is 9.93. The minimum absolute atomic E-state index is 0.500. The van der Waals surface area contributed by atoms with Crippen LogP contribution in [0.15, 0.2) is 24.3 Å². The maximum Gasteiger partial charge on any atom is 0.121 e. The molecule has 0 bridgehead atoms. The van der Waals surface area contributed by atoms with Crippen LogP contribution >= 0.6 is 0 Å². The van der Waals surface area contributed by atoms with Crippen molar-refractivity contribution in [1.82, 2.24) is 0 Å². The lowest BCUT2D eigenvalue weighted by Crippen LogP contribution is -2.32. The predicted octanol–water partition coefficient (Wildman–Crippen LogP) is 5.49. The van der Waals surface area contributed by atoms with Gasteiger partial charge in [0.25, 0.3) is 0 Å². The van der Waals surface area contributed by atoms with Gasteiger partial charge < -0.3 is 10.1 Å². The predicted molar refractivity (Wildman–Crippen MR) is 91.1 cm³/mol. The smallest absolute Gasteiger partial charge is 0.121 e. The average Bonchev–Trinajstić information content (AvgIpc) is 2.48. The van der Waals surface area contributed by atoms with Gasteiger partial charge in [-0.15, -0.1) is 0 Å². The van der Waals surface area contributed by atoms with Crippen LogP contribution in [-0.2, 0) is 0 Å². The number of hydrogen-bond donors (Lipinski definition) is 1. The van der Waals surface area contributed by atoms with E-state index >= 15 is 0 Å². The Morgan fingerprint density at radius 3 is 2.48 bits per heavy atom. The Bertz CT molecular complexity index is 433. The van der Waals surface area contributed by atoms with Crippen molar-refractivity contribution in [2.75, 3.05) is 11.9 Å². The van der Waals surface area contributed by atoms with E-state index in [0.29, 0.717) is 11.5 Å². The van der Waals surface area contributed by atoms with Gasteiger partial charge in [-0.3, -0.25) is 0 Å². The second kappa shape index (κ2) is 7.20. The van der Waals surface area contributed by atoms with Crippen LogP contribution in [-0.4, -0.2) is 12.6 Å². The molecule has 1 fully saturated rings. The topological polar surface area (TPSA) is 21.3 Å². The van der Waals surface area contributed by atoms with Crippen molar-refractivity contribution in [3.05, 3.63) is 24.3 Å². The molecular formula is C19H31NO. The highest BCUT2D eigenvalue weighted by molar-refractivity contribution is 5.48. The summed E-state index contributed by atoms with van der Waals surface area (Å²) in [5, 5.41) is 3.69. The van der Waals surface area contributed by atoms with Crippen molar-refractivity contribution in [2.45, 2.75) is 65.8 Å². The third-order valence-corrected chi connectivity index (χ3v) is 5.26. The first-order chi connectivity index (χ1) is 10.0. The molecule has 0 aliphatic heterocycles. The van der Waals surface area contributed by atoms with Crippen molar-refractivity contribution >= 4 is 5.69 Å². The van der Waals surface area contributed by atoms with Gasteiger partial charge in [0.2, 0.25) is 0 Å². The van der Waals surface area contributed by atoms with Gasteiger partial charge in [0, 0.05) is 17.8 Å². The lowest BCUT2D eigenvalue weighted by atomic mass is 9.69. The lowest BCUT2D eigenvalue weighted by molar-refractivity contribution is 0.147. The molecule has 0 amide bonds. The maximum absolute atomic E-state index is 5.57. The van der Waals surface area contributed by atoms with Gasteiger partial charge >= 0.3 is 0 Å². The Hall–Kier alpha value is -1.18. The summed E-state index contributed by atoms with van der Waals surface area (Å²) in [5.74, 6) is 1.85. The average molecular weight is 289 g/mol. The summed E-state index contributed by atoms with van der Waals surface area (Å²) in [4.78, 5) is 0. The molecule has 21 heavy (non-hydrogen) atoms. The van der Waals surface area contributed by atoms with Gasteiger partial charge in [-0.2, -0.15) is 0 Å². The van der Waals surface area contributed by atoms with E-state index in [2.05, 4.69) is 44.3 Å². The largest absolute Gasteiger partial charge is 0.494 e. The highest BCUT2D eigenvalue weighted by Gasteiger charge is 2.31. The first-order valence-electron chi connectivity index (χ1n) is 8.54. The van der Waals surface area contributed by atoms with Crippen molar-refractivity contribution in [1.29, 1.82) is 0 Å². The molecule has 0 spiro atoms. The molecule has 1 aromatic rings. The highest BCUT2D eigenvalue weighted by atomic mass is 16.5. The molecule has 0 aromatic heterocycles. The number of hydrogen-bond acceptors (Lipinski definition) is 2. The molecule has 118 valence electrons. The number of nitrogens with one attached hydrogen (secondary N) is 1. The van der Waals surface area contributed by atoms with E-state index in [0.717, 1.165) is 18.3 Å². The number of ether oxygens (including phenoxy) is 1. The first kappa shape index (κ1) is 16.2. The van der Waals surface area contributed by atoms with Crippen molar-refractivity contribution in [3.63, 3.8) is 0 Å². The third kappa shape index (κ3) is 4.39. The van der Waals surface area contributed by atoms with Crippen molar-refractivity contribution < 1.29 is 4.74 Å². The molecule has 1 aliphatic carbocycles. The minimum atomic E-state index is 0.500. The molecule has 0 atom stereocenters. The zero-order chi connectivity index (χ0) is 15.3. The van der Waals surface area contributed by atoms with Crippen LogP contribution < -0.4 is 10.1 Å². The zero-order valence-corrected chi connectivity index (χ0v) is 14.1. The fraction of sp³-hybridized carbons (Fsp3) is 0.684. The second-order valence-electron chi connectivity index (χ2n) is 7.00. The normalized spacial score (nSPS) is 22.9. The summed E-state index contributed by atoms with van der Waals surface area (Å²) in [5.41, 5.74) is 1.69. The second-order valence-corrected chi connectivity index (χ2v) is 7.00. The number of anilines is 1. The number of rotatable bonds is 6.